The van der Waals surface area contributed by atoms with Crippen molar-refractivity contribution in [1.29, 1.82) is 5.26 Å². The quantitative estimate of drug-likeness (QED) is 0.871. The summed E-state index contributed by atoms with van der Waals surface area (Å²) in [6.45, 7) is 1.99. The van der Waals surface area contributed by atoms with Gasteiger partial charge in [0.05, 0.1) is 12.7 Å². The van der Waals surface area contributed by atoms with Crippen LogP contribution < -0.4 is 10.5 Å². The molecule has 0 saturated carbocycles. The lowest BCUT2D eigenvalue weighted by molar-refractivity contribution is 0.416. The summed E-state index contributed by atoms with van der Waals surface area (Å²) in [5.74, 6) is 1.69. The lowest BCUT2D eigenvalue weighted by Gasteiger charge is -2.09. The Balaban J connectivity index is 2.69. The molecule has 2 N–H and O–H groups in total. The maximum atomic E-state index is 8.95. The Morgan fingerprint density at radius 3 is 2.72 bits per heavy atom. The molecular weight excluding hydrogens is 228 g/mol. The first-order valence-corrected chi connectivity index (χ1v) is 5.45. The topological polar surface area (TPSA) is 76.9 Å². The fraction of sp³-hybridized carbons (Fsp3) is 0.231. The molecule has 0 amide bonds. The van der Waals surface area contributed by atoms with Gasteiger partial charge in [-0.25, -0.2) is 4.98 Å². The van der Waals surface area contributed by atoms with Gasteiger partial charge in [0.25, 0.3) is 0 Å². The van der Waals surface area contributed by atoms with Crippen molar-refractivity contribution in [3.8, 4) is 23.2 Å². The molecule has 2 aromatic rings. The number of imidazole rings is 1. The van der Waals surface area contributed by atoms with Crippen LogP contribution in [0.2, 0.25) is 0 Å². The van der Waals surface area contributed by atoms with Crippen LogP contribution in [-0.2, 0) is 7.05 Å². The number of nitrogens with two attached hydrogens (primary N) is 1. The van der Waals surface area contributed by atoms with Gasteiger partial charge < -0.3 is 15.0 Å². The van der Waals surface area contributed by atoms with Crippen LogP contribution >= 0.6 is 0 Å². The molecule has 18 heavy (non-hydrogen) atoms. The van der Waals surface area contributed by atoms with E-state index in [9.17, 15) is 0 Å². The molecule has 5 heteroatoms. The standard InChI is InChI=1S/C13H14N4O/c1-8-4-5-11(18-3)9(6-8)13-16-10(7-14)12(15)17(13)2/h4-6H,15H2,1-3H3. The molecule has 0 aliphatic rings. The third kappa shape index (κ3) is 1.78. The van der Waals surface area contributed by atoms with Gasteiger partial charge in [-0.15, -0.1) is 0 Å². The Labute approximate surface area is 105 Å². The zero-order chi connectivity index (χ0) is 13.3. The summed E-state index contributed by atoms with van der Waals surface area (Å²) in [5, 5.41) is 8.95. The van der Waals surface area contributed by atoms with Gasteiger partial charge in [-0.05, 0) is 19.1 Å². The summed E-state index contributed by atoms with van der Waals surface area (Å²) in [7, 11) is 3.38. The first kappa shape index (κ1) is 12.0. The summed E-state index contributed by atoms with van der Waals surface area (Å²) >= 11 is 0. The second-order valence-corrected chi connectivity index (χ2v) is 4.04. The Kier molecular flexibility index (Phi) is 2.94. The number of aryl methyl sites for hydroxylation is 1. The highest BCUT2D eigenvalue weighted by Gasteiger charge is 2.16. The minimum absolute atomic E-state index is 0.232. The van der Waals surface area contributed by atoms with Crippen molar-refractivity contribution in [3.05, 3.63) is 29.5 Å². The number of hydrogen-bond acceptors (Lipinski definition) is 4. The van der Waals surface area contributed by atoms with Crippen LogP contribution in [0.4, 0.5) is 5.82 Å². The number of ether oxygens (including phenoxy) is 1. The lowest BCUT2D eigenvalue weighted by atomic mass is 10.1. The molecule has 0 aliphatic heterocycles. The molecule has 0 fully saturated rings. The Morgan fingerprint density at radius 2 is 2.17 bits per heavy atom. The van der Waals surface area contributed by atoms with E-state index in [0.717, 1.165) is 11.1 Å². The van der Waals surface area contributed by atoms with E-state index in [-0.39, 0.29) is 5.69 Å². The molecule has 0 saturated heterocycles. The Hall–Kier alpha value is -2.48. The maximum Gasteiger partial charge on any atom is 0.183 e. The molecule has 0 atom stereocenters. The molecule has 0 aliphatic carbocycles. The van der Waals surface area contributed by atoms with Crippen molar-refractivity contribution >= 4 is 5.82 Å². The van der Waals surface area contributed by atoms with E-state index in [1.807, 2.05) is 31.2 Å². The normalized spacial score (nSPS) is 10.1. The van der Waals surface area contributed by atoms with Gasteiger partial charge in [0.15, 0.2) is 5.69 Å². The summed E-state index contributed by atoms with van der Waals surface area (Å²) in [6.07, 6.45) is 0. The van der Waals surface area contributed by atoms with Crippen LogP contribution in [0, 0.1) is 18.3 Å². The largest absolute Gasteiger partial charge is 0.496 e. The molecule has 2 rings (SSSR count). The van der Waals surface area contributed by atoms with E-state index < -0.39 is 0 Å². The van der Waals surface area contributed by atoms with Crippen molar-refractivity contribution in [3.63, 3.8) is 0 Å². The highest BCUT2D eigenvalue weighted by atomic mass is 16.5. The number of nitrogens with zero attached hydrogens (tertiary/aromatic N) is 3. The van der Waals surface area contributed by atoms with Gasteiger partial charge in [0.1, 0.15) is 23.5 Å². The molecular formula is C13H14N4O. The second kappa shape index (κ2) is 4.41. The van der Waals surface area contributed by atoms with Gasteiger partial charge in [-0.2, -0.15) is 5.26 Å². The van der Waals surface area contributed by atoms with Gasteiger partial charge in [-0.1, -0.05) is 11.6 Å². The summed E-state index contributed by atoms with van der Waals surface area (Å²) in [4.78, 5) is 4.24. The Bertz CT molecular complexity index is 637. The molecule has 1 aromatic carbocycles. The number of aromatic nitrogens is 2. The highest BCUT2D eigenvalue weighted by molar-refractivity contribution is 5.69. The number of rotatable bonds is 2. The maximum absolute atomic E-state index is 8.95. The molecule has 0 radical (unpaired) electrons. The summed E-state index contributed by atoms with van der Waals surface area (Å²) in [5.41, 5.74) is 7.97. The predicted molar refractivity (Wildman–Crippen MR) is 69.1 cm³/mol. The average Bonchev–Trinajstić information content (AvgIpc) is 2.66. The molecule has 0 spiro atoms. The zero-order valence-electron chi connectivity index (χ0n) is 10.6. The van der Waals surface area contributed by atoms with Crippen LogP contribution in [0.1, 0.15) is 11.3 Å². The number of anilines is 1. The lowest BCUT2D eigenvalue weighted by Crippen LogP contribution is -2.00. The third-order valence-electron chi connectivity index (χ3n) is 2.84. The number of benzene rings is 1. The summed E-state index contributed by atoms with van der Waals surface area (Å²) < 4.78 is 7.01. The minimum atomic E-state index is 0.232. The number of nitrogen functional groups attached to an aromatic ring is 1. The second-order valence-electron chi connectivity index (χ2n) is 4.04. The van der Waals surface area contributed by atoms with Crippen molar-refractivity contribution in [2.24, 2.45) is 7.05 Å². The monoisotopic (exact) mass is 242 g/mol. The first-order chi connectivity index (χ1) is 8.58. The first-order valence-electron chi connectivity index (χ1n) is 5.45. The van der Waals surface area contributed by atoms with Gasteiger partial charge >= 0.3 is 0 Å². The molecule has 5 nitrogen and oxygen atoms in total. The van der Waals surface area contributed by atoms with E-state index in [1.54, 1.807) is 18.7 Å². The van der Waals surface area contributed by atoms with Crippen molar-refractivity contribution < 1.29 is 4.74 Å². The van der Waals surface area contributed by atoms with E-state index in [4.69, 9.17) is 15.7 Å². The van der Waals surface area contributed by atoms with Gasteiger partial charge in [0, 0.05) is 7.05 Å². The molecule has 1 aromatic heterocycles. The fourth-order valence-electron chi connectivity index (χ4n) is 1.83. The number of nitriles is 1. The molecule has 92 valence electrons. The average molecular weight is 242 g/mol. The van der Waals surface area contributed by atoms with E-state index in [2.05, 4.69) is 4.98 Å². The van der Waals surface area contributed by atoms with Crippen molar-refractivity contribution in [1.82, 2.24) is 9.55 Å². The van der Waals surface area contributed by atoms with Crippen molar-refractivity contribution in [2.45, 2.75) is 6.92 Å². The highest BCUT2D eigenvalue weighted by Crippen LogP contribution is 2.31. The minimum Gasteiger partial charge on any atom is -0.496 e. The van der Waals surface area contributed by atoms with Gasteiger partial charge in [-0.3, -0.25) is 0 Å². The molecule has 1 heterocycles. The van der Waals surface area contributed by atoms with Crippen LogP contribution in [0.25, 0.3) is 11.4 Å². The zero-order valence-corrected chi connectivity index (χ0v) is 10.6. The SMILES string of the molecule is COc1ccc(C)cc1-c1nc(C#N)c(N)n1C. The van der Waals surface area contributed by atoms with E-state index in [1.165, 1.54) is 0 Å². The molecule has 0 unspecified atom stereocenters. The van der Waals surface area contributed by atoms with E-state index >= 15 is 0 Å². The summed E-state index contributed by atoms with van der Waals surface area (Å²) in [6, 6.07) is 7.78. The van der Waals surface area contributed by atoms with Crippen LogP contribution in [0.3, 0.4) is 0 Å². The predicted octanol–water partition coefficient (Wildman–Crippen LogP) is 1.86. The number of hydrogen-bond donors (Lipinski definition) is 1. The third-order valence-corrected chi connectivity index (χ3v) is 2.84. The molecule has 0 bridgehead atoms. The van der Waals surface area contributed by atoms with Gasteiger partial charge in [0.2, 0.25) is 0 Å². The van der Waals surface area contributed by atoms with E-state index in [0.29, 0.717) is 17.4 Å². The number of methoxy groups -OCH3 is 1. The van der Waals surface area contributed by atoms with Crippen LogP contribution in [0.5, 0.6) is 5.75 Å². The van der Waals surface area contributed by atoms with Crippen LogP contribution in [-0.4, -0.2) is 16.7 Å². The van der Waals surface area contributed by atoms with Crippen molar-refractivity contribution in [2.75, 3.05) is 12.8 Å². The van der Waals surface area contributed by atoms with Crippen LogP contribution in [0.15, 0.2) is 18.2 Å². The fourth-order valence-corrected chi connectivity index (χ4v) is 1.83. The Morgan fingerprint density at radius 1 is 1.44 bits per heavy atom. The smallest absolute Gasteiger partial charge is 0.183 e.